The van der Waals surface area contributed by atoms with Crippen molar-refractivity contribution in [1.29, 1.82) is 0 Å². The molecule has 0 radical (unpaired) electrons. The normalized spacial score (nSPS) is 11.1. The average Bonchev–Trinajstić information content (AvgIpc) is 2.12. The third-order valence-electron chi connectivity index (χ3n) is 1.71. The van der Waals surface area contributed by atoms with Gasteiger partial charge in [0, 0.05) is 15.1 Å². The summed E-state index contributed by atoms with van der Waals surface area (Å²) < 4.78 is 5.62. The summed E-state index contributed by atoms with van der Waals surface area (Å²) in [6.07, 6.45) is 0. The van der Waals surface area contributed by atoms with E-state index in [9.17, 15) is 9.59 Å². The SMILES string of the molecule is CC(C)(C)OC(=O)C(=O)c1cc(Cl)cc(Br)c1. The molecule has 0 spiro atoms. The van der Waals surface area contributed by atoms with E-state index in [0.29, 0.717) is 9.50 Å². The van der Waals surface area contributed by atoms with Crippen molar-refractivity contribution in [1.82, 2.24) is 0 Å². The number of hydrogen-bond acceptors (Lipinski definition) is 3. The van der Waals surface area contributed by atoms with Gasteiger partial charge in [-0.2, -0.15) is 0 Å². The minimum atomic E-state index is -0.883. The molecule has 0 aliphatic heterocycles. The lowest BCUT2D eigenvalue weighted by Crippen LogP contribution is -2.29. The van der Waals surface area contributed by atoms with E-state index >= 15 is 0 Å². The smallest absolute Gasteiger partial charge is 0.380 e. The molecule has 1 aromatic carbocycles. The molecular formula is C12H12BrClO3. The topological polar surface area (TPSA) is 43.4 Å². The summed E-state index contributed by atoms with van der Waals surface area (Å²) in [5, 5.41) is 0.381. The molecule has 0 saturated carbocycles. The number of ether oxygens (including phenoxy) is 1. The number of hydrogen-bond donors (Lipinski definition) is 0. The molecule has 1 rings (SSSR count). The van der Waals surface area contributed by atoms with Crippen molar-refractivity contribution in [3.05, 3.63) is 33.3 Å². The molecule has 5 heteroatoms. The first-order valence-electron chi connectivity index (χ1n) is 4.93. The van der Waals surface area contributed by atoms with Crippen molar-refractivity contribution < 1.29 is 14.3 Å². The zero-order valence-corrected chi connectivity index (χ0v) is 12.1. The van der Waals surface area contributed by atoms with E-state index in [1.165, 1.54) is 12.1 Å². The molecule has 0 aromatic heterocycles. The molecule has 92 valence electrons. The summed E-state index contributed by atoms with van der Waals surface area (Å²) in [6.45, 7) is 5.10. The predicted octanol–water partition coefficient (Wildman–Crippen LogP) is 3.63. The Balaban J connectivity index is 2.93. The Hall–Kier alpha value is -0.870. The Labute approximate surface area is 113 Å². The first-order valence-corrected chi connectivity index (χ1v) is 6.10. The number of carbonyl (C=O) groups excluding carboxylic acids is 2. The van der Waals surface area contributed by atoms with Gasteiger partial charge in [-0.3, -0.25) is 4.79 Å². The Morgan fingerprint density at radius 1 is 1.24 bits per heavy atom. The van der Waals surface area contributed by atoms with Crippen molar-refractivity contribution in [3.8, 4) is 0 Å². The summed E-state index contributed by atoms with van der Waals surface area (Å²) in [5.74, 6) is -1.59. The lowest BCUT2D eigenvalue weighted by molar-refractivity contribution is -0.148. The molecule has 0 aliphatic rings. The van der Waals surface area contributed by atoms with Crippen LogP contribution in [0.5, 0.6) is 0 Å². The van der Waals surface area contributed by atoms with Gasteiger partial charge in [0.1, 0.15) is 5.60 Å². The third kappa shape index (κ3) is 4.48. The van der Waals surface area contributed by atoms with Gasteiger partial charge in [0.2, 0.25) is 0 Å². The number of Topliss-reactive ketones (excluding diaryl/α,β-unsaturated/α-hetero) is 1. The standard InChI is InChI=1S/C12H12BrClO3/c1-12(2,3)17-11(16)10(15)7-4-8(13)6-9(14)5-7/h4-6H,1-3H3. The fourth-order valence-corrected chi connectivity index (χ4v) is 1.99. The van der Waals surface area contributed by atoms with Crippen LogP contribution in [-0.4, -0.2) is 17.4 Å². The number of carbonyl (C=O) groups is 2. The maximum atomic E-state index is 11.8. The number of ketones is 1. The molecule has 3 nitrogen and oxygen atoms in total. The first kappa shape index (κ1) is 14.2. The van der Waals surface area contributed by atoms with Crippen LogP contribution in [0.15, 0.2) is 22.7 Å². The largest absolute Gasteiger partial charge is 0.454 e. The molecule has 1 aromatic rings. The van der Waals surface area contributed by atoms with Gasteiger partial charge in [-0.25, -0.2) is 4.79 Å². The number of benzene rings is 1. The summed E-state index contributed by atoms with van der Waals surface area (Å²) in [7, 11) is 0. The van der Waals surface area contributed by atoms with Crippen molar-refractivity contribution in [3.63, 3.8) is 0 Å². The summed E-state index contributed by atoms with van der Waals surface area (Å²) in [6, 6.07) is 4.59. The number of rotatable bonds is 2. The lowest BCUT2D eigenvalue weighted by atomic mass is 10.1. The van der Waals surface area contributed by atoms with Gasteiger partial charge < -0.3 is 4.74 Å². The van der Waals surface area contributed by atoms with Crippen LogP contribution in [0, 0.1) is 0 Å². The van der Waals surface area contributed by atoms with Crippen LogP contribution in [0.1, 0.15) is 31.1 Å². The molecule has 0 amide bonds. The van der Waals surface area contributed by atoms with E-state index in [1.807, 2.05) is 0 Å². The van der Waals surface area contributed by atoms with E-state index in [0.717, 1.165) is 0 Å². The van der Waals surface area contributed by atoms with E-state index in [4.69, 9.17) is 16.3 Å². The average molecular weight is 320 g/mol. The fraction of sp³-hybridized carbons (Fsp3) is 0.333. The molecule has 17 heavy (non-hydrogen) atoms. The van der Waals surface area contributed by atoms with Gasteiger partial charge in [0.25, 0.3) is 5.78 Å². The summed E-state index contributed by atoms with van der Waals surface area (Å²) >= 11 is 9.00. The van der Waals surface area contributed by atoms with Gasteiger partial charge in [-0.05, 0) is 39.0 Å². The van der Waals surface area contributed by atoms with E-state index < -0.39 is 17.4 Å². The maximum Gasteiger partial charge on any atom is 0.380 e. The Morgan fingerprint density at radius 3 is 2.29 bits per heavy atom. The molecule has 0 atom stereocenters. The third-order valence-corrected chi connectivity index (χ3v) is 2.39. The quantitative estimate of drug-likeness (QED) is 0.475. The highest BCUT2D eigenvalue weighted by Crippen LogP contribution is 2.20. The summed E-state index contributed by atoms with van der Waals surface area (Å²) in [5.41, 5.74) is -0.485. The number of esters is 1. The van der Waals surface area contributed by atoms with Crippen LogP contribution in [0.4, 0.5) is 0 Å². The van der Waals surface area contributed by atoms with E-state index in [2.05, 4.69) is 15.9 Å². The lowest BCUT2D eigenvalue weighted by Gasteiger charge is -2.18. The van der Waals surface area contributed by atoms with Crippen LogP contribution >= 0.6 is 27.5 Å². The van der Waals surface area contributed by atoms with E-state index in [1.54, 1.807) is 26.8 Å². The Morgan fingerprint density at radius 2 is 1.82 bits per heavy atom. The molecule has 0 saturated heterocycles. The molecule has 0 N–H and O–H groups in total. The predicted molar refractivity (Wildman–Crippen MR) is 69.3 cm³/mol. The van der Waals surface area contributed by atoms with E-state index in [-0.39, 0.29) is 5.56 Å². The molecule has 0 heterocycles. The highest BCUT2D eigenvalue weighted by atomic mass is 79.9. The minimum Gasteiger partial charge on any atom is -0.454 e. The summed E-state index contributed by atoms with van der Waals surface area (Å²) in [4.78, 5) is 23.3. The van der Waals surface area contributed by atoms with Crippen molar-refractivity contribution in [2.24, 2.45) is 0 Å². The van der Waals surface area contributed by atoms with Crippen LogP contribution in [-0.2, 0) is 9.53 Å². The van der Waals surface area contributed by atoms with Gasteiger partial charge in [-0.15, -0.1) is 0 Å². The second kappa shape index (κ2) is 5.19. The molecular weight excluding hydrogens is 307 g/mol. The molecule has 0 unspecified atom stereocenters. The van der Waals surface area contributed by atoms with Gasteiger partial charge in [0.05, 0.1) is 0 Å². The van der Waals surface area contributed by atoms with Crippen LogP contribution in [0.3, 0.4) is 0 Å². The van der Waals surface area contributed by atoms with Crippen molar-refractivity contribution in [2.45, 2.75) is 26.4 Å². The first-order chi connectivity index (χ1) is 7.69. The van der Waals surface area contributed by atoms with Crippen molar-refractivity contribution in [2.75, 3.05) is 0 Å². The Bertz CT molecular complexity index is 443. The molecule has 0 fully saturated rings. The van der Waals surface area contributed by atoms with Gasteiger partial charge >= 0.3 is 5.97 Å². The monoisotopic (exact) mass is 318 g/mol. The molecule has 0 aliphatic carbocycles. The zero-order chi connectivity index (χ0) is 13.2. The molecule has 0 bridgehead atoms. The second-order valence-corrected chi connectivity index (χ2v) is 5.84. The number of halogens is 2. The fourth-order valence-electron chi connectivity index (χ4n) is 1.13. The second-order valence-electron chi connectivity index (χ2n) is 4.49. The highest BCUT2D eigenvalue weighted by Gasteiger charge is 2.24. The van der Waals surface area contributed by atoms with Crippen LogP contribution < -0.4 is 0 Å². The van der Waals surface area contributed by atoms with Gasteiger partial charge in [-0.1, -0.05) is 27.5 Å². The van der Waals surface area contributed by atoms with Crippen molar-refractivity contribution >= 4 is 39.3 Å². The highest BCUT2D eigenvalue weighted by molar-refractivity contribution is 9.10. The van der Waals surface area contributed by atoms with Crippen LogP contribution in [0.2, 0.25) is 5.02 Å². The van der Waals surface area contributed by atoms with Gasteiger partial charge in [0.15, 0.2) is 0 Å². The minimum absolute atomic E-state index is 0.207. The van der Waals surface area contributed by atoms with Crippen LogP contribution in [0.25, 0.3) is 0 Å². The Kier molecular flexibility index (Phi) is 4.33. The zero-order valence-electron chi connectivity index (χ0n) is 9.71. The maximum absolute atomic E-state index is 11.8.